The van der Waals surface area contributed by atoms with E-state index < -0.39 is 0 Å². The Morgan fingerprint density at radius 1 is 1.06 bits per heavy atom. The van der Waals surface area contributed by atoms with E-state index in [1.54, 1.807) is 18.2 Å². The highest BCUT2D eigenvalue weighted by Crippen LogP contribution is 2.28. The van der Waals surface area contributed by atoms with Crippen LogP contribution in [0.3, 0.4) is 0 Å². The summed E-state index contributed by atoms with van der Waals surface area (Å²) >= 11 is 0. The molecule has 9 heteroatoms. The van der Waals surface area contributed by atoms with E-state index in [-0.39, 0.29) is 23.9 Å². The molecule has 0 radical (unpaired) electrons. The molecule has 0 saturated carbocycles. The first-order valence-corrected chi connectivity index (χ1v) is 11.3. The molecule has 9 nitrogen and oxygen atoms in total. The molecular weight excluding hydrogens is 422 g/mol. The van der Waals surface area contributed by atoms with Crippen LogP contribution in [0.25, 0.3) is 0 Å². The SMILES string of the molecule is CCOc1ccccc1N1CCN(C(=O)CCN(CCOC)C(=O)c2cnc(C)cn2)CC1. The zero-order valence-electron chi connectivity index (χ0n) is 19.7. The molecule has 2 amide bonds. The van der Waals surface area contributed by atoms with Crippen LogP contribution in [0.15, 0.2) is 36.7 Å². The van der Waals surface area contributed by atoms with Gasteiger partial charge in [-0.2, -0.15) is 0 Å². The number of carbonyl (C=O) groups is 2. The van der Waals surface area contributed by atoms with Crippen molar-refractivity contribution >= 4 is 17.5 Å². The number of rotatable bonds is 10. The summed E-state index contributed by atoms with van der Waals surface area (Å²) in [6.45, 7) is 8.23. The Kier molecular flexibility index (Phi) is 9.00. The standard InChI is InChI=1S/C24H33N5O4/c1-4-33-22-8-6-5-7-21(22)27-11-13-28(14-12-27)23(30)9-10-29(15-16-32-3)24(31)20-18-25-19(2)17-26-20/h5-8,17-18H,4,9-16H2,1-3H3. The fraction of sp³-hybridized carbons (Fsp3) is 0.500. The van der Waals surface area contributed by atoms with E-state index in [4.69, 9.17) is 9.47 Å². The van der Waals surface area contributed by atoms with Gasteiger partial charge in [0.25, 0.3) is 5.91 Å². The lowest BCUT2D eigenvalue weighted by Gasteiger charge is -2.37. The molecule has 0 N–H and O–H groups in total. The van der Waals surface area contributed by atoms with Crippen LogP contribution < -0.4 is 9.64 Å². The number of benzene rings is 1. The van der Waals surface area contributed by atoms with E-state index >= 15 is 0 Å². The Morgan fingerprint density at radius 2 is 1.82 bits per heavy atom. The van der Waals surface area contributed by atoms with Gasteiger partial charge < -0.3 is 24.2 Å². The van der Waals surface area contributed by atoms with Crippen molar-refractivity contribution in [1.82, 2.24) is 19.8 Å². The number of hydrogen-bond acceptors (Lipinski definition) is 7. The molecule has 0 bridgehead atoms. The zero-order chi connectivity index (χ0) is 23.6. The van der Waals surface area contributed by atoms with Crippen LogP contribution >= 0.6 is 0 Å². The fourth-order valence-corrected chi connectivity index (χ4v) is 3.76. The summed E-state index contributed by atoms with van der Waals surface area (Å²) in [6, 6.07) is 7.99. The van der Waals surface area contributed by atoms with E-state index in [0.717, 1.165) is 30.2 Å². The Balaban J connectivity index is 1.54. The predicted octanol–water partition coefficient (Wildman–Crippen LogP) is 2.01. The Labute approximate surface area is 195 Å². The highest BCUT2D eigenvalue weighted by atomic mass is 16.5. The van der Waals surface area contributed by atoms with Crippen molar-refractivity contribution in [1.29, 1.82) is 0 Å². The first-order valence-electron chi connectivity index (χ1n) is 11.3. The molecule has 2 aromatic rings. The average Bonchev–Trinajstić information content (AvgIpc) is 2.85. The Morgan fingerprint density at radius 3 is 2.48 bits per heavy atom. The number of ether oxygens (including phenoxy) is 2. The third kappa shape index (κ3) is 6.64. The molecule has 1 aliphatic rings. The lowest BCUT2D eigenvalue weighted by molar-refractivity contribution is -0.131. The minimum absolute atomic E-state index is 0.0398. The van der Waals surface area contributed by atoms with Crippen LogP contribution in [-0.4, -0.2) is 91.2 Å². The van der Waals surface area contributed by atoms with Gasteiger partial charge in [0.05, 0.1) is 30.8 Å². The minimum Gasteiger partial charge on any atom is -0.492 e. The first kappa shape index (κ1) is 24.4. The maximum absolute atomic E-state index is 12.9. The second-order valence-corrected chi connectivity index (χ2v) is 7.85. The molecule has 33 heavy (non-hydrogen) atoms. The number of hydrogen-bond donors (Lipinski definition) is 0. The summed E-state index contributed by atoms with van der Waals surface area (Å²) in [7, 11) is 1.59. The van der Waals surface area contributed by atoms with Gasteiger partial charge >= 0.3 is 0 Å². The number of piperazine rings is 1. The lowest BCUT2D eigenvalue weighted by atomic mass is 10.2. The van der Waals surface area contributed by atoms with Gasteiger partial charge in [-0.05, 0) is 26.0 Å². The van der Waals surface area contributed by atoms with Crippen molar-refractivity contribution in [3.63, 3.8) is 0 Å². The summed E-state index contributed by atoms with van der Waals surface area (Å²) in [5.74, 6) is 0.661. The highest BCUT2D eigenvalue weighted by molar-refractivity contribution is 5.92. The predicted molar refractivity (Wildman–Crippen MR) is 126 cm³/mol. The normalized spacial score (nSPS) is 13.7. The van der Waals surface area contributed by atoms with Crippen LogP contribution in [0, 0.1) is 6.92 Å². The van der Waals surface area contributed by atoms with Gasteiger partial charge in [-0.1, -0.05) is 12.1 Å². The van der Waals surface area contributed by atoms with E-state index in [2.05, 4.69) is 20.9 Å². The van der Waals surface area contributed by atoms with Crippen LogP contribution in [0.1, 0.15) is 29.5 Å². The molecule has 2 heterocycles. The summed E-state index contributed by atoms with van der Waals surface area (Å²) in [6.07, 6.45) is 3.29. The van der Waals surface area contributed by atoms with Gasteiger partial charge in [0.1, 0.15) is 11.4 Å². The van der Waals surface area contributed by atoms with Crippen LogP contribution in [0.5, 0.6) is 5.75 Å². The quantitative estimate of drug-likeness (QED) is 0.542. The Hall–Kier alpha value is -3.20. The molecule has 3 rings (SSSR count). The molecule has 0 unspecified atom stereocenters. The molecule has 1 saturated heterocycles. The van der Waals surface area contributed by atoms with Gasteiger partial charge in [-0.25, -0.2) is 4.98 Å². The molecule has 0 atom stereocenters. The summed E-state index contributed by atoms with van der Waals surface area (Å²) < 4.78 is 10.9. The number of nitrogens with zero attached hydrogens (tertiary/aromatic N) is 5. The lowest BCUT2D eigenvalue weighted by Crippen LogP contribution is -2.49. The number of amides is 2. The summed E-state index contributed by atoms with van der Waals surface area (Å²) in [5, 5.41) is 0. The van der Waals surface area contributed by atoms with E-state index in [0.29, 0.717) is 39.4 Å². The van der Waals surface area contributed by atoms with Crippen molar-refractivity contribution < 1.29 is 19.1 Å². The molecule has 1 aromatic carbocycles. The smallest absolute Gasteiger partial charge is 0.274 e. The van der Waals surface area contributed by atoms with Crippen molar-refractivity contribution in [2.24, 2.45) is 0 Å². The van der Waals surface area contributed by atoms with Crippen molar-refractivity contribution in [2.45, 2.75) is 20.3 Å². The van der Waals surface area contributed by atoms with Crippen molar-refractivity contribution in [3.8, 4) is 5.75 Å². The second-order valence-electron chi connectivity index (χ2n) is 7.85. The topological polar surface area (TPSA) is 88.1 Å². The zero-order valence-corrected chi connectivity index (χ0v) is 19.7. The summed E-state index contributed by atoms with van der Waals surface area (Å²) in [4.78, 5) is 39.8. The maximum Gasteiger partial charge on any atom is 0.274 e. The molecule has 0 spiro atoms. The van der Waals surface area contributed by atoms with Crippen LogP contribution in [0.4, 0.5) is 5.69 Å². The van der Waals surface area contributed by atoms with Gasteiger partial charge in [0, 0.05) is 59.0 Å². The molecular formula is C24H33N5O4. The fourth-order valence-electron chi connectivity index (χ4n) is 3.76. The third-order valence-corrected chi connectivity index (χ3v) is 5.59. The van der Waals surface area contributed by atoms with Gasteiger partial charge in [0.15, 0.2) is 0 Å². The molecule has 0 aliphatic carbocycles. The van der Waals surface area contributed by atoms with E-state index in [1.807, 2.05) is 36.9 Å². The van der Waals surface area contributed by atoms with Gasteiger partial charge in [-0.15, -0.1) is 0 Å². The molecule has 1 fully saturated rings. The van der Waals surface area contributed by atoms with Crippen LogP contribution in [0.2, 0.25) is 0 Å². The first-order chi connectivity index (χ1) is 16.0. The molecule has 178 valence electrons. The number of aryl methyl sites for hydroxylation is 1. The highest BCUT2D eigenvalue weighted by Gasteiger charge is 2.24. The van der Waals surface area contributed by atoms with E-state index in [1.165, 1.54) is 6.20 Å². The largest absolute Gasteiger partial charge is 0.492 e. The van der Waals surface area contributed by atoms with Crippen LogP contribution in [-0.2, 0) is 9.53 Å². The third-order valence-electron chi connectivity index (χ3n) is 5.59. The summed E-state index contributed by atoms with van der Waals surface area (Å²) in [5.41, 5.74) is 2.07. The number of anilines is 1. The monoisotopic (exact) mass is 455 g/mol. The average molecular weight is 456 g/mol. The number of methoxy groups -OCH3 is 1. The Bertz CT molecular complexity index is 913. The number of aromatic nitrogens is 2. The van der Waals surface area contributed by atoms with Gasteiger partial charge in [-0.3, -0.25) is 14.6 Å². The molecule has 1 aliphatic heterocycles. The molecule has 1 aromatic heterocycles. The van der Waals surface area contributed by atoms with E-state index in [9.17, 15) is 9.59 Å². The van der Waals surface area contributed by atoms with Gasteiger partial charge in [0.2, 0.25) is 5.91 Å². The number of carbonyl (C=O) groups excluding carboxylic acids is 2. The van der Waals surface area contributed by atoms with Crippen molar-refractivity contribution in [2.75, 3.05) is 64.5 Å². The minimum atomic E-state index is -0.246. The second kappa shape index (κ2) is 12.2. The number of para-hydroxylation sites is 2. The van der Waals surface area contributed by atoms with Crippen molar-refractivity contribution in [3.05, 3.63) is 48.0 Å². The maximum atomic E-state index is 12.9.